The number of hydrogen-bond donors (Lipinski definition) is 2. The van der Waals surface area contributed by atoms with Gasteiger partial charge in [0.05, 0.1) is 4.90 Å². The first-order chi connectivity index (χ1) is 11.3. The van der Waals surface area contributed by atoms with Gasteiger partial charge in [0.2, 0.25) is 10.0 Å². The normalized spacial score (nSPS) is 12.5. The van der Waals surface area contributed by atoms with Crippen LogP contribution in [0.25, 0.3) is 0 Å². The zero-order valence-corrected chi connectivity index (χ0v) is 14.3. The molecule has 0 bridgehead atoms. The maximum absolute atomic E-state index is 12.4. The minimum Gasteiger partial charge on any atom is -0.480 e. The van der Waals surface area contributed by atoms with Crippen molar-refractivity contribution in [2.75, 3.05) is 5.32 Å². The van der Waals surface area contributed by atoms with Gasteiger partial charge in [0, 0.05) is 5.69 Å². The molecule has 0 aliphatic rings. The molecule has 2 aromatic carbocycles. The van der Waals surface area contributed by atoms with Crippen LogP contribution < -0.4 is 15.2 Å². The molecule has 2 rings (SSSR count). The van der Waals surface area contributed by atoms with Crippen LogP contribution in [0, 0.1) is 6.92 Å². The highest BCUT2D eigenvalue weighted by atomic mass is 32.2. The van der Waals surface area contributed by atoms with Crippen molar-refractivity contribution in [1.29, 1.82) is 0 Å². The topological polar surface area (TPSA) is 98.5 Å². The molecule has 1 atom stereocenters. The number of carbonyl (C=O) groups is 1. The molecule has 0 aliphatic carbocycles. The molecule has 0 aliphatic heterocycles. The smallest absolute Gasteiger partial charge is 0.265 e. The molecule has 0 radical (unpaired) electrons. The summed E-state index contributed by atoms with van der Waals surface area (Å²) in [5.41, 5.74) is 1.42. The molecule has 6 nitrogen and oxygen atoms in total. The lowest BCUT2D eigenvalue weighted by atomic mass is 10.2. The quantitative estimate of drug-likeness (QED) is 0.837. The predicted octanol–water partition coefficient (Wildman–Crippen LogP) is 2.44. The lowest BCUT2D eigenvalue weighted by molar-refractivity contribution is -0.122. The summed E-state index contributed by atoms with van der Waals surface area (Å²) in [5, 5.41) is 7.75. The monoisotopic (exact) mass is 348 g/mol. The van der Waals surface area contributed by atoms with Crippen LogP contribution in [-0.4, -0.2) is 20.4 Å². The van der Waals surface area contributed by atoms with Gasteiger partial charge in [-0.15, -0.1) is 0 Å². The average molecular weight is 348 g/mol. The van der Waals surface area contributed by atoms with E-state index in [1.807, 2.05) is 38.1 Å². The van der Waals surface area contributed by atoms with E-state index in [-0.39, 0.29) is 10.8 Å². The van der Waals surface area contributed by atoms with Crippen LogP contribution in [0.2, 0.25) is 0 Å². The molecule has 0 spiro atoms. The third kappa shape index (κ3) is 4.56. The highest BCUT2D eigenvalue weighted by Crippen LogP contribution is 2.20. The summed E-state index contributed by atoms with van der Waals surface area (Å²) in [4.78, 5) is 12.4. The second-order valence-corrected chi connectivity index (χ2v) is 6.90. The minimum atomic E-state index is -3.75. The van der Waals surface area contributed by atoms with Crippen molar-refractivity contribution in [2.24, 2.45) is 5.14 Å². The first kappa shape index (κ1) is 18.0. The third-order valence-electron chi connectivity index (χ3n) is 3.48. The Balaban J connectivity index is 2.08. The molecule has 0 saturated heterocycles. The van der Waals surface area contributed by atoms with E-state index < -0.39 is 16.1 Å². The highest BCUT2D eigenvalue weighted by Gasteiger charge is 2.19. The second-order valence-electron chi connectivity index (χ2n) is 5.34. The van der Waals surface area contributed by atoms with Gasteiger partial charge in [0.25, 0.3) is 5.91 Å². The molecular weight excluding hydrogens is 328 g/mol. The Kier molecular flexibility index (Phi) is 5.58. The Bertz CT molecular complexity index is 817. The van der Waals surface area contributed by atoms with E-state index >= 15 is 0 Å². The number of benzene rings is 2. The number of carbonyl (C=O) groups excluding carboxylic acids is 1. The van der Waals surface area contributed by atoms with E-state index in [0.29, 0.717) is 17.9 Å². The summed E-state index contributed by atoms with van der Waals surface area (Å²) in [7, 11) is -3.75. The Morgan fingerprint density at radius 1 is 1.17 bits per heavy atom. The standard InChI is InChI=1S/C17H20N2O4S/c1-3-15(23-16-7-5-4-6-12(16)2)17(20)19-13-8-10-14(11-9-13)24(18,21)22/h4-11,15H,3H2,1-2H3,(H,19,20)(H2,18,21,22)/t15-/m1/s1. The summed E-state index contributed by atoms with van der Waals surface area (Å²) in [6.07, 6.45) is -0.154. The number of para-hydroxylation sites is 1. The van der Waals surface area contributed by atoms with E-state index in [1.54, 1.807) is 0 Å². The Morgan fingerprint density at radius 2 is 1.79 bits per heavy atom. The fraction of sp³-hybridized carbons (Fsp3) is 0.235. The van der Waals surface area contributed by atoms with Crippen LogP contribution in [0.4, 0.5) is 5.69 Å². The van der Waals surface area contributed by atoms with E-state index in [1.165, 1.54) is 24.3 Å². The van der Waals surface area contributed by atoms with Crippen molar-refractivity contribution in [1.82, 2.24) is 0 Å². The number of sulfonamides is 1. The number of ether oxygens (including phenoxy) is 1. The lowest BCUT2D eigenvalue weighted by Crippen LogP contribution is -2.32. The number of primary sulfonamides is 1. The summed E-state index contributed by atoms with van der Waals surface area (Å²) in [6.45, 7) is 3.76. The maximum Gasteiger partial charge on any atom is 0.265 e. The van der Waals surface area contributed by atoms with Crippen LogP contribution >= 0.6 is 0 Å². The van der Waals surface area contributed by atoms with Crippen LogP contribution in [-0.2, 0) is 14.8 Å². The van der Waals surface area contributed by atoms with E-state index in [2.05, 4.69) is 5.32 Å². The Labute approximate surface area is 141 Å². The van der Waals surface area contributed by atoms with Gasteiger partial charge in [-0.1, -0.05) is 25.1 Å². The Hall–Kier alpha value is -2.38. The summed E-state index contributed by atoms with van der Waals surface area (Å²) >= 11 is 0. The van der Waals surface area contributed by atoms with Gasteiger partial charge >= 0.3 is 0 Å². The van der Waals surface area contributed by atoms with Crippen LogP contribution in [0.15, 0.2) is 53.4 Å². The SMILES string of the molecule is CC[C@@H](Oc1ccccc1C)C(=O)Nc1ccc(S(N)(=O)=O)cc1. The van der Waals surface area contributed by atoms with Crippen molar-refractivity contribution >= 4 is 21.6 Å². The van der Waals surface area contributed by atoms with Crippen LogP contribution in [0.1, 0.15) is 18.9 Å². The fourth-order valence-corrected chi connectivity index (χ4v) is 2.63. The number of hydrogen-bond acceptors (Lipinski definition) is 4. The molecule has 7 heteroatoms. The van der Waals surface area contributed by atoms with Crippen molar-refractivity contribution in [3.8, 4) is 5.75 Å². The summed E-state index contributed by atoms with van der Waals surface area (Å²) < 4.78 is 28.2. The molecule has 0 aromatic heterocycles. The van der Waals surface area contributed by atoms with E-state index in [4.69, 9.17) is 9.88 Å². The number of aryl methyl sites for hydroxylation is 1. The Morgan fingerprint density at radius 3 is 2.33 bits per heavy atom. The molecule has 2 aromatic rings. The molecule has 0 heterocycles. The minimum absolute atomic E-state index is 0.0105. The molecule has 128 valence electrons. The van der Waals surface area contributed by atoms with Crippen molar-refractivity contribution in [3.05, 3.63) is 54.1 Å². The zero-order valence-electron chi connectivity index (χ0n) is 13.5. The first-order valence-corrected chi connectivity index (χ1v) is 9.02. The second kappa shape index (κ2) is 7.46. The molecule has 0 fully saturated rings. The van der Waals surface area contributed by atoms with Gasteiger partial charge in [0.1, 0.15) is 5.75 Å². The summed E-state index contributed by atoms with van der Waals surface area (Å²) in [6, 6.07) is 13.1. The highest BCUT2D eigenvalue weighted by molar-refractivity contribution is 7.89. The van der Waals surface area contributed by atoms with Gasteiger partial charge in [-0.3, -0.25) is 4.79 Å². The number of nitrogens with one attached hydrogen (secondary N) is 1. The molecule has 1 amide bonds. The fourth-order valence-electron chi connectivity index (χ4n) is 2.11. The van der Waals surface area contributed by atoms with Gasteiger partial charge in [-0.25, -0.2) is 13.6 Å². The molecule has 0 unspecified atom stereocenters. The van der Waals surface area contributed by atoms with Gasteiger partial charge in [-0.05, 0) is 49.2 Å². The number of rotatable bonds is 6. The number of amides is 1. The lowest BCUT2D eigenvalue weighted by Gasteiger charge is -2.18. The largest absolute Gasteiger partial charge is 0.480 e. The van der Waals surface area contributed by atoms with Crippen molar-refractivity contribution in [3.63, 3.8) is 0 Å². The molecule has 3 N–H and O–H groups in total. The molecular formula is C17H20N2O4S. The molecule has 0 saturated carbocycles. The van der Waals surface area contributed by atoms with Crippen LogP contribution in [0.5, 0.6) is 5.75 Å². The van der Waals surface area contributed by atoms with Gasteiger partial charge < -0.3 is 10.1 Å². The van der Waals surface area contributed by atoms with Gasteiger partial charge in [0.15, 0.2) is 6.10 Å². The third-order valence-corrected chi connectivity index (χ3v) is 4.41. The number of nitrogens with two attached hydrogens (primary N) is 1. The zero-order chi connectivity index (χ0) is 17.7. The first-order valence-electron chi connectivity index (χ1n) is 7.47. The molecule has 24 heavy (non-hydrogen) atoms. The summed E-state index contributed by atoms with van der Waals surface area (Å²) in [5.74, 6) is 0.355. The van der Waals surface area contributed by atoms with Crippen molar-refractivity contribution < 1.29 is 17.9 Å². The van der Waals surface area contributed by atoms with Crippen molar-refractivity contribution in [2.45, 2.75) is 31.3 Å². The van der Waals surface area contributed by atoms with Gasteiger partial charge in [-0.2, -0.15) is 0 Å². The van der Waals surface area contributed by atoms with Crippen LogP contribution in [0.3, 0.4) is 0 Å². The maximum atomic E-state index is 12.4. The average Bonchev–Trinajstić information content (AvgIpc) is 2.53. The predicted molar refractivity (Wildman–Crippen MR) is 92.3 cm³/mol. The van der Waals surface area contributed by atoms with E-state index in [9.17, 15) is 13.2 Å². The number of anilines is 1. The van der Waals surface area contributed by atoms with E-state index in [0.717, 1.165) is 5.56 Å².